The maximum Gasteiger partial charge on any atom is 0.326 e. The number of aromatic hydroxyl groups is 1. The van der Waals surface area contributed by atoms with Crippen LogP contribution in [-0.4, -0.2) is 81.6 Å². The van der Waals surface area contributed by atoms with Crippen molar-refractivity contribution < 1.29 is 44.1 Å². The third-order valence-corrected chi connectivity index (χ3v) is 5.61. The first-order valence-electron chi connectivity index (χ1n) is 12.2. The summed E-state index contributed by atoms with van der Waals surface area (Å²) >= 11 is 0. The summed E-state index contributed by atoms with van der Waals surface area (Å²) in [6.07, 6.45) is -0.525. The van der Waals surface area contributed by atoms with Crippen LogP contribution in [0.2, 0.25) is 0 Å². The third-order valence-electron chi connectivity index (χ3n) is 5.61. The second-order valence-electron chi connectivity index (χ2n) is 8.89. The molecule has 1 aromatic carbocycles. The van der Waals surface area contributed by atoms with Crippen LogP contribution in [0.3, 0.4) is 0 Å². The number of amides is 4. The molecule has 0 aliphatic carbocycles. The van der Waals surface area contributed by atoms with Crippen LogP contribution in [-0.2, 0) is 35.2 Å². The molecule has 39 heavy (non-hydrogen) atoms. The number of primary amides is 1. The lowest BCUT2D eigenvalue weighted by atomic mass is 10.0. The van der Waals surface area contributed by atoms with Crippen LogP contribution in [0, 0.1) is 0 Å². The summed E-state index contributed by atoms with van der Waals surface area (Å²) in [5, 5.41) is 35.2. The average Bonchev–Trinajstić information content (AvgIpc) is 2.85. The molecule has 0 aromatic heterocycles. The Balaban J connectivity index is 3.06. The van der Waals surface area contributed by atoms with Crippen LogP contribution in [0.5, 0.6) is 5.75 Å². The van der Waals surface area contributed by atoms with Gasteiger partial charge in [-0.25, -0.2) is 4.79 Å². The molecule has 15 heteroatoms. The SMILES string of the molecule is NCCCCC(NC(=O)C(N)CC(N)=O)C(=O)NC(CCC(=O)O)C(=O)NC(Cc1ccc(O)cc1)C(=O)O. The highest BCUT2D eigenvalue weighted by Gasteiger charge is 2.31. The Kier molecular flexibility index (Phi) is 13.9. The predicted molar refractivity (Wildman–Crippen MR) is 137 cm³/mol. The largest absolute Gasteiger partial charge is 0.508 e. The van der Waals surface area contributed by atoms with E-state index in [4.69, 9.17) is 22.3 Å². The third kappa shape index (κ3) is 12.7. The molecule has 0 radical (unpaired) electrons. The van der Waals surface area contributed by atoms with Gasteiger partial charge in [-0.2, -0.15) is 0 Å². The zero-order valence-corrected chi connectivity index (χ0v) is 21.3. The minimum absolute atomic E-state index is 0.0326. The summed E-state index contributed by atoms with van der Waals surface area (Å²) in [6.45, 7) is 0.310. The number of carboxylic acid groups (broad SMARTS) is 2. The highest BCUT2D eigenvalue weighted by molar-refractivity contribution is 5.95. The van der Waals surface area contributed by atoms with Crippen molar-refractivity contribution in [1.29, 1.82) is 0 Å². The summed E-state index contributed by atoms with van der Waals surface area (Å²) in [5.41, 5.74) is 16.7. The maximum absolute atomic E-state index is 13.1. The lowest BCUT2D eigenvalue weighted by molar-refractivity contribution is -0.143. The van der Waals surface area contributed by atoms with Crippen molar-refractivity contribution in [1.82, 2.24) is 16.0 Å². The molecule has 0 spiro atoms. The van der Waals surface area contributed by atoms with Gasteiger partial charge in [0.2, 0.25) is 23.6 Å². The van der Waals surface area contributed by atoms with Crippen molar-refractivity contribution >= 4 is 35.6 Å². The number of aliphatic carboxylic acids is 2. The number of unbranched alkanes of at least 4 members (excludes halogenated alkanes) is 1. The van der Waals surface area contributed by atoms with E-state index in [0.29, 0.717) is 24.9 Å². The molecule has 0 aliphatic heterocycles. The first kappa shape index (κ1) is 32.8. The normalized spacial score (nSPS) is 13.8. The Labute approximate surface area is 224 Å². The van der Waals surface area contributed by atoms with Gasteiger partial charge in [0.15, 0.2) is 0 Å². The second kappa shape index (κ2) is 16.6. The number of benzene rings is 1. The Hall–Kier alpha value is -4.24. The summed E-state index contributed by atoms with van der Waals surface area (Å²) < 4.78 is 0. The molecule has 4 amide bonds. The van der Waals surface area contributed by atoms with E-state index in [1.54, 1.807) is 0 Å². The number of rotatable bonds is 18. The Morgan fingerprint density at radius 2 is 1.33 bits per heavy atom. The van der Waals surface area contributed by atoms with Gasteiger partial charge in [-0.3, -0.25) is 24.0 Å². The molecule has 0 aliphatic rings. The fourth-order valence-electron chi connectivity index (χ4n) is 3.50. The molecule has 0 saturated heterocycles. The van der Waals surface area contributed by atoms with Crippen LogP contribution in [0.25, 0.3) is 0 Å². The molecule has 4 atom stereocenters. The molecule has 216 valence electrons. The fourth-order valence-corrected chi connectivity index (χ4v) is 3.50. The van der Waals surface area contributed by atoms with E-state index >= 15 is 0 Å². The van der Waals surface area contributed by atoms with Gasteiger partial charge in [-0.05, 0) is 49.9 Å². The first-order chi connectivity index (χ1) is 18.3. The van der Waals surface area contributed by atoms with Gasteiger partial charge >= 0.3 is 11.9 Å². The Morgan fingerprint density at radius 3 is 1.85 bits per heavy atom. The van der Waals surface area contributed by atoms with Gasteiger partial charge in [0.05, 0.1) is 12.5 Å². The number of nitrogens with one attached hydrogen (secondary N) is 3. The van der Waals surface area contributed by atoms with Crippen molar-refractivity contribution in [3.63, 3.8) is 0 Å². The van der Waals surface area contributed by atoms with Gasteiger partial charge in [0.1, 0.15) is 23.9 Å². The molecule has 0 bridgehead atoms. The van der Waals surface area contributed by atoms with Crippen LogP contribution >= 0.6 is 0 Å². The van der Waals surface area contributed by atoms with Crippen molar-refractivity contribution in [2.24, 2.45) is 17.2 Å². The Bertz CT molecular complexity index is 1020. The Morgan fingerprint density at radius 1 is 0.795 bits per heavy atom. The first-order valence-corrected chi connectivity index (χ1v) is 12.2. The summed E-state index contributed by atoms with van der Waals surface area (Å²) in [6, 6.07) is 0.213. The quantitative estimate of drug-likeness (QED) is 0.0871. The molecule has 0 saturated carbocycles. The molecule has 12 N–H and O–H groups in total. The molecule has 0 fully saturated rings. The summed E-state index contributed by atoms with van der Waals surface area (Å²) in [7, 11) is 0. The van der Waals surface area contributed by atoms with Gasteiger partial charge in [0, 0.05) is 12.8 Å². The van der Waals surface area contributed by atoms with E-state index in [1.807, 2.05) is 0 Å². The number of phenolic OH excluding ortho intramolecular Hbond substituents is 1. The summed E-state index contributed by atoms with van der Waals surface area (Å²) in [5.74, 6) is -6.13. The molecule has 1 rings (SSSR count). The minimum Gasteiger partial charge on any atom is -0.508 e. The van der Waals surface area contributed by atoms with E-state index in [2.05, 4.69) is 16.0 Å². The van der Waals surface area contributed by atoms with Crippen molar-refractivity contribution in [3.05, 3.63) is 29.8 Å². The minimum atomic E-state index is -1.46. The molecule has 1 aromatic rings. The average molecular weight is 553 g/mol. The zero-order chi connectivity index (χ0) is 29.5. The van der Waals surface area contributed by atoms with Gasteiger partial charge in [-0.1, -0.05) is 12.1 Å². The van der Waals surface area contributed by atoms with Crippen LogP contribution in [0.4, 0.5) is 0 Å². The van der Waals surface area contributed by atoms with Crippen LogP contribution in [0.1, 0.15) is 44.1 Å². The highest BCUT2D eigenvalue weighted by atomic mass is 16.4. The van der Waals surface area contributed by atoms with Crippen molar-refractivity contribution in [2.75, 3.05) is 6.54 Å². The van der Waals surface area contributed by atoms with Gasteiger partial charge < -0.3 is 48.5 Å². The zero-order valence-electron chi connectivity index (χ0n) is 21.3. The number of carboxylic acids is 2. The van der Waals surface area contributed by atoms with Crippen molar-refractivity contribution in [3.8, 4) is 5.75 Å². The number of carbonyl (C=O) groups excluding carboxylic acids is 4. The smallest absolute Gasteiger partial charge is 0.326 e. The highest BCUT2D eigenvalue weighted by Crippen LogP contribution is 2.12. The topological polar surface area (TPSA) is 277 Å². The van der Waals surface area contributed by atoms with Gasteiger partial charge in [0.25, 0.3) is 0 Å². The molecule has 4 unspecified atom stereocenters. The van der Waals surface area contributed by atoms with E-state index in [0.717, 1.165) is 0 Å². The lowest BCUT2D eigenvalue weighted by Gasteiger charge is -2.25. The number of phenols is 1. The number of hydrogen-bond acceptors (Lipinski definition) is 9. The maximum atomic E-state index is 13.1. The predicted octanol–water partition coefficient (Wildman–Crippen LogP) is -2.33. The molecule has 0 heterocycles. The summed E-state index contributed by atoms with van der Waals surface area (Å²) in [4.78, 5) is 72.5. The number of hydrogen-bond donors (Lipinski definition) is 9. The van der Waals surface area contributed by atoms with Crippen molar-refractivity contribution in [2.45, 2.75) is 69.1 Å². The van der Waals surface area contributed by atoms with E-state index in [9.17, 15) is 39.0 Å². The fraction of sp³-hybridized carbons (Fsp3) is 0.500. The lowest BCUT2D eigenvalue weighted by Crippen LogP contribution is -2.57. The monoisotopic (exact) mass is 552 g/mol. The molecular weight excluding hydrogens is 516 g/mol. The number of carbonyl (C=O) groups is 6. The molecular formula is C24H36N6O9. The molecule has 15 nitrogen and oxygen atoms in total. The van der Waals surface area contributed by atoms with Crippen LogP contribution < -0.4 is 33.2 Å². The second-order valence-corrected chi connectivity index (χ2v) is 8.89. The standard InChI is InChI=1S/C24H36N6O9/c25-10-2-1-3-16(28-21(35)15(26)12-19(27)32)22(36)29-17(8-9-20(33)34)23(37)30-18(24(38)39)11-13-4-6-14(31)7-5-13/h4-7,15-18,31H,1-3,8-12,25-26H2,(H2,27,32)(H,28,35)(H,29,36)(H,30,37)(H,33,34)(H,38,39). The van der Waals surface area contributed by atoms with Crippen LogP contribution in [0.15, 0.2) is 24.3 Å². The van der Waals surface area contributed by atoms with E-state index in [1.165, 1.54) is 24.3 Å². The number of nitrogens with two attached hydrogens (primary N) is 3. The van der Waals surface area contributed by atoms with E-state index in [-0.39, 0.29) is 25.0 Å². The van der Waals surface area contributed by atoms with E-state index < -0.39 is 72.6 Å². The van der Waals surface area contributed by atoms with Gasteiger partial charge in [-0.15, -0.1) is 0 Å².